The van der Waals surface area contributed by atoms with Crippen LogP contribution in [0.4, 0.5) is 0 Å². The number of carbonyl (C=O) groups is 1. The summed E-state index contributed by atoms with van der Waals surface area (Å²) in [5, 5.41) is 2.90. The molecule has 0 aliphatic carbocycles. The van der Waals surface area contributed by atoms with E-state index in [4.69, 9.17) is 4.74 Å². The number of rotatable bonds is 11. The van der Waals surface area contributed by atoms with Gasteiger partial charge in [-0.15, -0.1) is 11.3 Å². The Labute approximate surface area is 198 Å². The summed E-state index contributed by atoms with van der Waals surface area (Å²) in [6, 6.07) is 0. The zero-order chi connectivity index (χ0) is 24.0. The highest BCUT2D eigenvalue weighted by Gasteiger charge is 2.32. The Hall–Kier alpha value is -1.86. The Balaban J connectivity index is 1.79. The minimum absolute atomic E-state index is 0.00793. The van der Waals surface area contributed by atoms with Crippen LogP contribution in [0.15, 0.2) is 16.0 Å². The van der Waals surface area contributed by atoms with Crippen molar-refractivity contribution in [3.8, 4) is 0 Å². The molecule has 0 spiro atoms. The zero-order valence-corrected chi connectivity index (χ0v) is 21.1. The maximum absolute atomic E-state index is 13.3. The number of sulfonamides is 1. The third-order valence-electron chi connectivity index (χ3n) is 5.51. The van der Waals surface area contributed by atoms with Gasteiger partial charge in [-0.2, -0.15) is 4.31 Å². The van der Waals surface area contributed by atoms with Gasteiger partial charge in [-0.25, -0.2) is 13.4 Å². The van der Waals surface area contributed by atoms with Gasteiger partial charge in [-0.3, -0.25) is 14.2 Å². The number of nitrogens with zero attached hydrogens (tertiary/aromatic N) is 4. The number of hydrogen-bond donors (Lipinski definition) is 1. The molecule has 2 aromatic rings. The second-order valence-electron chi connectivity index (χ2n) is 8.05. The summed E-state index contributed by atoms with van der Waals surface area (Å²) in [5.74, 6) is -0.310. The largest absolute Gasteiger partial charge is 0.379 e. The molecular formula is C21H33N5O5S2. The summed E-state index contributed by atoms with van der Waals surface area (Å²) in [6.45, 7) is 9.99. The molecule has 1 aliphatic heterocycles. The molecular weight excluding hydrogens is 466 g/mol. The quantitative estimate of drug-likeness (QED) is 0.491. The van der Waals surface area contributed by atoms with Crippen LogP contribution in [0.2, 0.25) is 0 Å². The number of ether oxygens (including phenoxy) is 1. The Morgan fingerprint density at radius 1 is 1.21 bits per heavy atom. The van der Waals surface area contributed by atoms with E-state index in [0.717, 1.165) is 32.5 Å². The van der Waals surface area contributed by atoms with Crippen molar-refractivity contribution in [3.05, 3.63) is 21.6 Å². The lowest BCUT2D eigenvalue weighted by Gasteiger charge is -2.26. The summed E-state index contributed by atoms with van der Waals surface area (Å²) in [7, 11) is -3.87. The average molecular weight is 500 g/mol. The number of amides is 1. The van der Waals surface area contributed by atoms with E-state index in [1.807, 2.05) is 0 Å². The Kier molecular flexibility index (Phi) is 8.99. The minimum Gasteiger partial charge on any atom is -0.379 e. The molecule has 0 unspecified atom stereocenters. The maximum Gasteiger partial charge on any atom is 0.263 e. The lowest BCUT2D eigenvalue weighted by atomic mass is 10.3. The number of thiophene rings is 1. The summed E-state index contributed by atoms with van der Waals surface area (Å²) >= 11 is 1.17. The van der Waals surface area contributed by atoms with Crippen LogP contribution in [0, 0.1) is 6.92 Å². The van der Waals surface area contributed by atoms with Gasteiger partial charge in [-0.05, 0) is 32.9 Å². The first kappa shape index (κ1) is 25.8. The van der Waals surface area contributed by atoms with Gasteiger partial charge in [0.25, 0.3) is 5.56 Å². The monoisotopic (exact) mass is 499 g/mol. The van der Waals surface area contributed by atoms with Crippen molar-refractivity contribution in [2.24, 2.45) is 0 Å². The molecule has 3 heterocycles. The Morgan fingerprint density at radius 3 is 2.52 bits per heavy atom. The van der Waals surface area contributed by atoms with Crippen molar-refractivity contribution in [3.63, 3.8) is 0 Å². The van der Waals surface area contributed by atoms with Crippen molar-refractivity contribution in [1.82, 2.24) is 24.1 Å². The molecule has 0 radical (unpaired) electrons. The van der Waals surface area contributed by atoms with E-state index in [1.54, 1.807) is 6.92 Å². The van der Waals surface area contributed by atoms with E-state index in [-0.39, 0.29) is 35.8 Å². The lowest BCUT2D eigenvalue weighted by Crippen LogP contribution is -2.41. The third-order valence-corrected chi connectivity index (χ3v) is 8.72. The predicted octanol–water partition coefficient (Wildman–Crippen LogP) is 1.03. The smallest absolute Gasteiger partial charge is 0.263 e. The van der Waals surface area contributed by atoms with E-state index < -0.39 is 15.6 Å². The van der Waals surface area contributed by atoms with Gasteiger partial charge in [0.15, 0.2) is 0 Å². The zero-order valence-electron chi connectivity index (χ0n) is 19.5. The number of fused-ring (bicyclic) bond motifs is 1. The number of hydrogen-bond acceptors (Lipinski definition) is 8. The molecule has 3 rings (SSSR count). The van der Waals surface area contributed by atoms with E-state index in [1.165, 1.54) is 26.5 Å². The van der Waals surface area contributed by atoms with Gasteiger partial charge in [0, 0.05) is 31.1 Å². The molecule has 0 atom stereocenters. The number of aryl methyl sites for hydroxylation is 1. The van der Waals surface area contributed by atoms with Crippen molar-refractivity contribution >= 4 is 37.5 Å². The first-order chi connectivity index (χ1) is 15.8. The molecule has 1 fully saturated rings. The fraction of sp³-hybridized carbons (Fsp3) is 0.667. The van der Waals surface area contributed by atoms with Gasteiger partial charge >= 0.3 is 0 Å². The number of carbonyl (C=O) groups excluding carboxylic acids is 1. The molecule has 0 aromatic carbocycles. The molecule has 1 aliphatic rings. The highest BCUT2D eigenvalue weighted by atomic mass is 32.2. The standard InChI is InChI=1S/C21H33N5O5S2/c1-4-7-24(8-5-2)9-6-22-17(27)14-25-15-23-20-18(21(25)28)19(16(3)32-20)33(29,30)26-10-12-31-13-11-26/h15H,4-14H2,1-3H3,(H,22,27). The normalized spacial score (nSPS) is 15.4. The highest BCUT2D eigenvalue weighted by Crippen LogP contribution is 2.33. The van der Waals surface area contributed by atoms with Crippen LogP contribution in [0.5, 0.6) is 0 Å². The molecule has 1 saturated heterocycles. The van der Waals surface area contributed by atoms with Crippen LogP contribution < -0.4 is 10.9 Å². The Morgan fingerprint density at radius 2 is 1.88 bits per heavy atom. The van der Waals surface area contributed by atoms with Gasteiger partial charge in [0.2, 0.25) is 15.9 Å². The molecule has 0 saturated carbocycles. The fourth-order valence-electron chi connectivity index (χ4n) is 3.98. The average Bonchev–Trinajstić information content (AvgIpc) is 3.14. The number of morpholine rings is 1. The number of aromatic nitrogens is 2. The SMILES string of the molecule is CCCN(CCC)CCNC(=O)Cn1cnc2sc(C)c(S(=O)(=O)N3CCOCC3)c2c1=O. The molecule has 1 N–H and O–H groups in total. The third kappa shape index (κ3) is 5.99. The van der Waals surface area contributed by atoms with E-state index in [9.17, 15) is 18.0 Å². The van der Waals surface area contributed by atoms with E-state index in [2.05, 4.69) is 29.0 Å². The second kappa shape index (κ2) is 11.5. The summed E-state index contributed by atoms with van der Waals surface area (Å²) in [4.78, 5) is 33.1. The summed E-state index contributed by atoms with van der Waals surface area (Å²) < 4.78 is 34.4. The van der Waals surface area contributed by atoms with Crippen LogP contribution in [0.1, 0.15) is 31.6 Å². The minimum atomic E-state index is -3.87. The first-order valence-corrected chi connectivity index (χ1v) is 13.6. The number of nitrogens with one attached hydrogen (secondary N) is 1. The molecule has 0 bridgehead atoms. The van der Waals surface area contributed by atoms with Crippen molar-refractivity contribution < 1.29 is 17.9 Å². The van der Waals surface area contributed by atoms with Gasteiger partial charge in [0.1, 0.15) is 16.3 Å². The van der Waals surface area contributed by atoms with E-state index >= 15 is 0 Å². The van der Waals surface area contributed by atoms with Gasteiger partial charge < -0.3 is 15.0 Å². The predicted molar refractivity (Wildman–Crippen MR) is 128 cm³/mol. The summed E-state index contributed by atoms with van der Waals surface area (Å²) in [5.41, 5.74) is -0.523. The lowest BCUT2D eigenvalue weighted by molar-refractivity contribution is -0.121. The van der Waals surface area contributed by atoms with Crippen LogP contribution in [-0.4, -0.2) is 85.6 Å². The van der Waals surface area contributed by atoms with Crippen molar-refractivity contribution in [2.45, 2.75) is 45.1 Å². The van der Waals surface area contributed by atoms with E-state index in [0.29, 0.717) is 29.5 Å². The van der Waals surface area contributed by atoms with Crippen LogP contribution >= 0.6 is 11.3 Å². The molecule has 1 amide bonds. The maximum atomic E-state index is 13.3. The van der Waals surface area contributed by atoms with Gasteiger partial charge in [0.05, 0.1) is 24.9 Å². The van der Waals surface area contributed by atoms with Crippen molar-refractivity contribution in [2.75, 3.05) is 52.5 Å². The molecule has 184 valence electrons. The fourth-order valence-corrected chi connectivity index (χ4v) is 7.06. The van der Waals surface area contributed by atoms with Gasteiger partial charge in [-0.1, -0.05) is 13.8 Å². The first-order valence-electron chi connectivity index (χ1n) is 11.3. The van der Waals surface area contributed by atoms with Crippen LogP contribution in [0.25, 0.3) is 10.2 Å². The molecule has 12 heteroatoms. The Bertz CT molecular complexity index is 1120. The molecule has 33 heavy (non-hydrogen) atoms. The molecule has 10 nitrogen and oxygen atoms in total. The van der Waals surface area contributed by atoms with Crippen LogP contribution in [-0.2, 0) is 26.1 Å². The summed E-state index contributed by atoms with van der Waals surface area (Å²) in [6.07, 6.45) is 3.40. The molecule has 2 aromatic heterocycles. The second-order valence-corrected chi connectivity index (χ2v) is 11.1. The highest BCUT2D eigenvalue weighted by molar-refractivity contribution is 7.89. The topological polar surface area (TPSA) is 114 Å². The van der Waals surface area contributed by atoms with Crippen LogP contribution in [0.3, 0.4) is 0 Å². The van der Waals surface area contributed by atoms with Crippen molar-refractivity contribution in [1.29, 1.82) is 0 Å².